The third-order valence-electron chi connectivity index (χ3n) is 2.89. The molecule has 3 aromatic rings. The van der Waals surface area contributed by atoms with E-state index in [2.05, 4.69) is 19.9 Å². The van der Waals surface area contributed by atoms with E-state index in [1.165, 1.54) is 11.8 Å². The molecular weight excluding hydrogens is 246 g/mol. The van der Waals surface area contributed by atoms with Crippen LogP contribution >= 0.6 is 0 Å². The molecule has 0 unspecified atom stereocenters. The summed E-state index contributed by atoms with van der Waals surface area (Å²) >= 11 is 0. The summed E-state index contributed by atoms with van der Waals surface area (Å²) in [5.74, 6) is 0.613. The lowest BCUT2D eigenvalue weighted by molar-refractivity contribution is 0.514. The van der Waals surface area contributed by atoms with Gasteiger partial charge in [0.1, 0.15) is 0 Å². The maximum absolute atomic E-state index is 8.68. The van der Waals surface area contributed by atoms with E-state index in [1.807, 2.05) is 48.5 Å². The summed E-state index contributed by atoms with van der Waals surface area (Å²) in [4.78, 5) is 0. The third-order valence-corrected chi connectivity index (χ3v) is 2.89. The zero-order valence-electron chi connectivity index (χ0n) is 11.8. The van der Waals surface area contributed by atoms with Crippen LogP contribution in [0.3, 0.4) is 0 Å². The van der Waals surface area contributed by atoms with Gasteiger partial charge in [0.15, 0.2) is 5.75 Å². The van der Waals surface area contributed by atoms with Crippen molar-refractivity contribution in [3.05, 3.63) is 54.6 Å². The molecule has 0 radical (unpaired) electrons. The Balaban J connectivity index is 0.000000452. The average Bonchev–Trinajstić information content (AvgIpc) is 2.49. The minimum atomic E-state index is 0.613. The Morgan fingerprint density at radius 2 is 1.45 bits per heavy atom. The van der Waals surface area contributed by atoms with Gasteiger partial charge in [-0.15, -0.1) is 5.26 Å². The van der Waals surface area contributed by atoms with Crippen molar-refractivity contribution in [2.45, 2.75) is 20.3 Å². The summed E-state index contributed by atoms with van der Waals surface area (Å²) < 4.78 is 5.03. The fraction of sp³-hybridized carbons (Fsp3) is 0.167. The van der Waals surface area contributed by atoms with Gasteiger partial charge in [0.2, 0.25) is 0 Å². The molecule has 0 saturated carbocycles. The van der Waals surface area contributed by atoms with Crippen LogP contribution in [-0.2, 0) is 0 Å². The number of nitrogens with zero attached hydrogens (tertiary/aromatic N) is 1. The maximum Gasteiger partial charge on any atom is 0.292 e. The number of ether oxygens (including phenoxy) is 1. The molecule has 0 saturated heterocycles. The van der Waals surface area contributed by atoms with E-state index >= 15 is 0 Å². The van der Waals surface area contributed by atoms with E-state index in [0.717, 1.165) is 16.2 Å². The van der Waals surface area contributed by atoms with Gasteiger partial charge in [-0.3, -0.25) is 0 Å². The first-order valence-electron chi connectivity index (χ1n) is 6.78. The molecule has 2 heteroatoms. The van der Waals surface area contributed by atoms with Crippen LogP contribution in [0, 0.1) is 11.5 Å². The topological polar surface area (TPSA) is 33.0 Å². The second-order valence-electron chi connectivity index (χ2n) is 4.54. The maximum atomic E-state index is 8.68. The van der Waals surface area contributed by atoms with Gasteiger partial charge in [-0.1, -0.05) is 68.8 Å². The van der Waals surface area contributed by atoms with Crippen molar-refractivity contribution in [3.8, 4) is 12.0 Å². The average molecular weight is 263 g/mol. The van der Waals surface area contributed by atoms with E-state index in [1.54, 1.807) is 6.26 Å². The van der Waals surface area contributed by atoms with Crippen LogP contribution in [0.4, 0.5) is 0 Å². The lowest BCUT2D eigenvalue weighted by Gasteiger charge is -2.07. The summed E-state index contributed by atoms with van der Waals surface area (Å²) in [5.41, 5.74) is 0. The van der Waals surface area contributed by atoms with Crippen LogP contribution in [0.25, 0.3) is 21.5 Å². The molecule has 100 valence electrons. The number of fused-ring (bicyclic) bond motifs is 3. The fourth-order valence-corrected chi connectivity index (χ4v) is 2.15. The molecule has 0 N–H and O–H groups in total. The van der Waals surface area contributed by atoms with Crippen molar-refractivity contribution in [1.82, 2.24) is 0 Å². The van der Waals surface area contributed by atoms with Crippen LogP contribution in [0.1, 0.15) is 20.3 Å². The Labute approximate surface area is 119 Å². The summed E-state index contributed by atoms with van der Waals surface area (Å²) in [7, 11) is 0. The first-order chi connectivity index (χ1) is 9.81. The predicted molar refractivity (Wildman–Crippen MR) is 83.7 cm³/mol. The van der Waals surface area contributed by atoms with Gasteiger partial charge in [0.05, 0.1) is 0 Å². The van der Waals surface area contributed by atoms with Gasteiger partial charge in [0, 0.05) is 5.39 Å². The Bertz CT molecular complexity index is 756. The van der Waals surface area contributed by atoms with Crippen molar-refractivity contribution in [1.29, 1.82) is 5.26 Å². The van der Waals surface area contributed by atoms with Gasteiger partial charge >= 0.3 is 0 Å². The van der Waals surface area contributed by atoms with Crippen LogP contribution in [0.5, 0.6) is 5.75 Å². The monoisotopic (exact) mass is 263 g/mol. The van der Waals surface area contributed by atoms with Crippen molar-refractivity contribution < 1.29 is 4.74 Å². The Morgan fingerprint density at radius 1 is 0.900 bits per heavy atom. The molecule has 0 bridgehead atoms. The minimum Gasteiger partial charge on any atom is -0.387 e. The lowest BCUT2D eigenvalue weighted by Crippen LogP contribution is -1.85. The van der Waals surface area contributed by atoms with E-state index in [-0.39, 0.29) is 0 Å². The van der Waals surface area contributed by atoms with Crippen molar-refractivity contribution >= 4 is 21.5 Å². The normalized spacial score (nSPS) is 9.65. The first kappa shape index (κ1) is 13.9. The molecule has 3 rings (SSSR count). The molecule has 0 aromatic heterocycles. The van der Waals surface area contributed by atoms with E-state index < -0.39 is 0 Å². The smallest absolute Gasteiger partial charge is 0.292 e. The first-order valence-corrected chi connectivity index (χ1v) is 6.78. The quantitative estimate of drug-likeness (QED) is 0.442. The van der Waals surface area contributed by atoms with E-state index in [4.69, 9.17) is 10.00 Å². The van der Waals surface area contributed by atoms with Crippen LogP contribution in [-0.4, -0.2) is 0 Å². The number of nitriles is 1. The molecule has 0 aliphatic heterocycles. The number of benzene rings is 3. The molecule has 0 amide bonds. The van der Waals surface area contributed by atoms with Crippen LogP contribution in [0.2, 0.25) is 0 Å². The second kappa shape index (κ2) is 6.58. The largest absolute Gasteiger partial charge is 0.387 e. The molecule has 0 atom stereocenters. The molecule has 0 aliphatic rings. The Kier molecular flexibility index (Phi) is 4.57. The summed E-state index contributed by atoms with van der Waals surface area (Å²) in [6.45, 7) is 4.25. The van der Waals surface area contributed by atoms with Gasteiger partial charge in [-0.2, -0.15) is 0 Å². The zero-order valence-corrected chi connectivity index (χ0v) is 11.8. The fourth-order valence-electron chi connectivity index (χ4n) is 2.15. The second-order valence-corrected chi connectivity index (χ2v) is 4.54. The van der Waals surface area contributed by atoms with Gasteiger partial charge in [-0.05, 0) is 22.2 Å². The summed E-state index contributed by atoms with van der Waals surface area (Å²) in [6.07, 6.45) is 2.99. The van der Waals surface area contributed by atoms with Crippen molar-refractivity contribution in [2.24, 2.45) is 0 Å². The molecule has 0 fully saturated rings. The highest BCUT2D eigenvalue weighted by molar-refractivity contribution is 6.10. The minimum absolute atomic E-state index is 0.613. The van der Waals surface area contributed by atoms with Crippen molar-refractivity contribution in [2.75, 3.05) is 0 Å². The number of hydrogen-bond donors (Lipinski definition) is 0. The Morgan fingerprint density at radius 3 is 2.10 bits per heavy atom. The lowest BCUT2D eigenvalue weighted by atomic mass is 10.0. The molecule has 0 aliphatic carbocycles. The highest BCUT2D eigenvalue weighted by Gasteiger charge is 2.06. The SMILES string of the molecule is CCC.N#COc1cc2ccccc2c2ccccc12. The highest BCUT2D eigenvalue weighted by atomic mass is 16.5. The van der Waals surface area contributed by atoms with Crippen LogP contribution < -0.4 is 4.74 Å². The van der Waals surface area contributed by atoms with Crippen LogP contribution in [0.15, 0.2) is 54.6 Å². The summed E-state index contributed by atoms with van der Waals surface area (Å²) in [5, 5.41) is 13.0. The van der Waals surface area contributed by atoms with E-state index in [0.29, 0.717) is 5.75 Å². The van der Waals surface area contributed by atoms with Crippen molar-refractivity contribution in [3.63, 3.8) is 0 Å². The molecular formula is C18H17NO. The molecule has 2 nitrogen and oxygen atoms in total. The zero-order chi connectivity index (χ0) is 14.4. The number of rotatable bonds is 1. The van der Waals surface area contributed by atoms with E-state index in [9.17, 15) is 0 Å². The van der Waals surface area contributed by atoms with Gasteiger partial charge in [-0.25, -0.2) is 0 Å². The highest BCUT2D eigenvalue weighted by Crippen LogP contribution is 2.33. The molecule has 3 aromatic carbocycles. The molecule has 0 spiro atoms. The van der Waals surface area contributed by atoms with Gasteiger partial charge in [0.25, 0.3) is 6.26 Å². The number of hydrogen-bond acceptors (Lipinski definition) is 2. The summed E-state index contributed by atoms with van der Waals surface area (Å²) in [6, 6.07) is 17.9. The Hall–Kier alpha value is -2.53. The standard InChI is InChI=1S/C15H9NO.C3H8/c16-10-17-15-9-11-5-1-2-6-12(11)13-7-3-4-8-14(13)15;1-3-2/h1-9H;3H2,1-2H3. The predicted octanol–water partition coefficient (Wildman–Crippen LogP) is 5.27. The molecule has 0 heterocycles. The molecule has 20 heavy (non-hydrogen) atoms. The van der Waals surface area contributed by atoms with Gasteiger partial charge < -0.3 is 4.74 Å². The third kappa shape index (κ3) is 2.73.